The molecule has 2 aromatic carbocycles. The van der Waals surface area contributed by atoms with Crippen molar-refractivity contribution in [1.29, 1.82) is 0 Å². The van der Waals surface area contributed by atoms with Crippen LogP contribution in [0.1, 0.15) is 10.4 Å². The highest BCUT2D eigenvalue weighted by atomic mass is 79.9. The standard InChI is InChI=1S/C13H6BrF4NO/c14-6-1-2-9(16)8(3-6)13(20)19-11-5-7(15)4-10(17)12(11)18/h1-5H,(H,19,20). The number of benzene rings is 2. The molecule has 0 radical (unpaired) electrons. The molecule has 2 rings (SSSR count). The molecule has 0 heterocycles. The third-order valence-corrected chi connectivity index (χ3v) is 2.91. The van der Waals surface area contributed by atoms with Gasteiger partial charge in [0.15, 0.2) is 11.6 Å². The number of anilines is 1. The molecule has 1 amide bonds. The van der Waals surface area contributed by atoms with Gasteiger partial charge in [0.1, 0.15) is 11.6 Å². The summed E-state index contributed by atoms with van der Waals surface area (Å²) >= 11 is 3.05. The fraction of sp³-hybridized carbons (Fsp3) is 0. The minimum atomic E-state index is -1.45. The summed E-state index contributed by atoms with van der Waals surface area (Å²) in [4.78, 5) is 11.8. The zero-order chi connectivity index (χ0) is 14.9. The molecule has 0 aliphatic carbocycles. The second-order valence-corrected chi connectivity index (χ2v) is 4.74. The minimum Gasteiger partial charge on any atom is -0.319 e. The van der Waals surface area contributed by atoms with Crippen LogP contribution >= 0.6 is 15.9 Å². The van der Waals surface area contributed by atoms with Crippen LogP contribution in [0, 0.1) is 23.3 Å². The molecular weight excluding hydrogens is 342 g/mol. The predicted molar refractivity (Wildman–Crippen MR) is 68.4 cm³/mol. The maximum atomic E-state index is 13.5. The SMILES string of the molecule is O=C(Nc1cc(F)cc(F)c1F)c1cc(Br)ccc1F. The fourth-order valence-corrected chi connectivity index (χ4v) is 1.87. The molecule has 0 aliphatic rings. The van der Waals surface area contributed by atoms with Gasteiger partial charge in [-0.05, 0) is 18.2 Å². The number of rotatable bonds is 2. The van der Waals surface area contributed by atoms with E-state index in [1.165, 1.54) is 6.07 Å². The van der Waals surface area contributed by atoms with E-state index in [0.717, 1.165) is 12.1 Å². The number of carbonyl (C=O) groups excluding carboxylic acids is 1. The summed E-state index contributed by atoms with van der Waals surface area (Å²) in [5, 5.41) is 1.92. The summed E-state index contributed by atoms with van der Waals surface area (Å²) in [5.41, 5.74) is -1.09. The topological polar surface area (TPSA) is 29.1 Å². The quantitative estimate of drug-likeness (QED) is 0.638. The van der Waals surface area contributed by atoms with E-state index < -0.39 is 34.9 Å². The van der Waals surface area contributed by atoms with E-state index in [4.69, 9.17) is 0 Å². The Morgan fingerprint density at radius 2 is 1.70 bits per heavy atom. The lowest BCUT2D eigenvalue weighted by Crippen LogP contribution is -2.15. The zero-order valence-electron chi connectivity index (χ0n) is 9.68. The highest BCUT2D eigenvalue weighted by Gasteiger charge is 2.17. The Morgan fingerprint density at radius 1 is 1.00 bits per heavy atom. The van der Waals surface area contributed by atoms with Gasteiger partial charge in [0.05, 0.1) is 11.3 Å². The van der Waals surface area contributed by atoms with E-state index in [-0.39, 0.29) is 5.56 Å². The van der Waals surface area contributed by atoms with Gasteiger partial charge in [-0.15, -0.1) is 0 Å². The lowest BCUT2D eigenvalue weighted by molar-refractivity contribution is 0.102. The fourth-order valence-electron chi connectivity index (χ4n) is 1.51. The van der Waals surface area contributed by atoms with E-state index in [1.807, 2.05) is 5.32 Å². The second kappa shape index (κ2) is 5.62. The van der Waals surface area contributed by atoms with Gasteiger partial charge >= 0.3 is 0 Å². The molecule has 0 saturated carbocycles. The summed E-state index contributed by atoms with van der Waals surface area (Å²) in [6, 6.07) is 4.51. The number of amides is 1. The summed E-state index contributed by atoms with van der Waals surface area (Å²) < 4.78 is 53.2. The van der Waals surface area contributed by atoms with Gasteiger partial charge in [-0.25, -0.2) is 17.6 Å². The van der Waals surface area contributed by atoms with Crippen molar-refractivity contribution in [1.82, 2.24) is 0 Å². The number of hydrogen-bond donors (Lipinski definition) is 1. The zero-order valence-corrected chi connectivity index (χ0v) is 11.3. The van der Waals surface area contributed by atoms with Gasteiger partial charge in [0, 0.05) is 16.6 Å². The van der Waals surface area contributed by atoms with Crippen molar-refractivity contribution < 1.29 is 22.4 Å². The van der Waals surface area contributed by atoms with Crippen LogP contribution < -0.4 is 5.32 Å². The predicted octanol–water partition coefficient (Wildman–Crippen LogP) is 4.26. The van der Waals surface area contributed by atoms with Crippen LogP contribution in [0.15, 0.2) is 34.8 Å². The number of halogens is 5. The monoisotopic (exact) mass is 347 g/mol. The van der Waals surface area contributed by atoms with Crippen LogP contribution in [0.25, 0.3) is 0 Å². The summed E-state index contributed by atoms with van der Waals surface area (Å²) in [7, 11) is 0. The van der Waals surface area contributed by atoms with E-state index in [9.17, 15) is 22.4 Å². The van der Waals surface area contributed by atoms with Crippen molar-refractivity contribution in [3.8, 4) is 0 Å². The van der Waals surface area contributed by atoms with Crippen molar-refractivity contribution in [2.24, 2.45) is 0 Å². The first-order valence-corrected chi connectivity index (χ1v) is 6.08. The van der Waals surface area contributed by atoms with Crippen LogP contribution in [-0.4, -0.2) is 5.91 Å². The number of nitrogens with one attached hydrogen (secondary N) is 1. The molecule has 2 nitrogen and oxygen atoms in total. The van der Waals surface area contributed by atoms with Crippen LogP contribution in [0.5, 0.6) is 0 Å². The first-order chi connectivity index (χ1) is 9.38. The molecule has 0 aliphatic heterocycles. The van der Waals surface area contributed by atoms with Gasteiger partial charge in [0.25, 0.3) is 5.91 Å². The molecule has 104 valence electrons. The maximum absolute atomic E-state index is 13.5. The van der Waals surface area contributed by atoms with Gasteiger partial charge < -0.3 is 5.32 Å². The molecule has 0 bridgehead atoms. The Hall–Kier alpha value is -1.89. The smallest absolute Gasteiger partial charge is 0.258 e. The molecule has 1 N–H and O–H groups in total. The molecule has 0 atom stereocenters. The molecule has 7 heteroatoms. The Bertz CT molecular complexity index is 690. The third kappa shape index (κ3) is 2.98. The molecule has 0 fully saturated rings. The Balaban J connectivity index is 2.35. The van der Waals surface area contributed by atoms with Crippen LogP contribution in [0.3, 0.4) is 0 Å². The van der Waals surface area contributed by atoms with E-state index in [1.54, 1.807) is 0 Å². The van der Waals surface area contributed by atoms with Gasteiger partial charge in [-0.1, -0.05) is 15.9 Å². The summed E-state index contributed by atoms with van der Waals surface area (Å²) in [6.07, 6.45) is 0. The molecule has 0 spiro atoms. The second-order valence-electron chi connectivity index (χ2n) is 3.83. The van der Waals surface area contributed by atoms with Crippen molar-refractivity contribution in [2.45, 2.75) is 0 Å². The molecule has 2 aromatic rings. The van der Waals surface area contributed by atoms with Crippen molar-refractivity contribution in [3.63, 3.8) is 0 Å². The van der Waals surface area contributed by atoms with Crippen LogP contribution in [0.2, 0.25) is 0 Å². The van der Waals surface area contributed by atoms with Gasteiger partial charge in [0.2, 0.25) is 0 Å². The minimum absolute atomic E-state index is 0.338. The highest BCUT2D eigenvalue weighted by Crippen LogP contribution is 2.21. The van der Waals surface area contributed by atoms with Crippen molar-refractivity contribution in [3.05, 3.63) is 63.6 Å². The van der Waals surface area contributed by atoms with Crippen molar-refractivity contribution >= 4 is 27.5 Å². The molecule has 20 heavy (non-hydrogen) atoms. The summed E-state index contributed by atoms with van der Waals surface area (Å²) in [6.45, 7) is 0. The highest BCUT2D eigenvalue weighted by molar-refractivity contribution is 9.10. The van der Waals surface area contributed by atoms with Crippen LogP contribution in [0.4, 0.5) is 23.2 Å². The molecule has 0 aromatic heterocycles. The lowest BCUT2D eigenvalue weighted by Gasteiger charge is -2.08. The summed E-state index contributed by atoms with van der Waals surface area (Å²) in [5.74, 6) is -5.80. The average molecular weight is 348 g/mol. The Labute approximate surface area is 119 Å². The number of hydrogen-bond acceptors (Lipinski definition) is 1. The average Bonchev–Trinajstić information content (AvgIpc) is 2.38. The first-order valence-electron chi connectivity index (χ1n) is 5.29. The molecule has 0 saturated heterocycles. The Morgan fingerprint density at radius 3 is 2.40 bits per heavy atom. The molecule has 0 unspecified atom stereocenters. The Kier molecular flexibility index (Phi) is 4.08. The lowest BCUT2D eigenvalue weighted by atomic mass is 10.2. The molecular formula is C13H6BrF4NO. The van der Waals surface area contributed by atoms with Crippen molar-refractivity contribution in [2.75, 3.05) is 5.32 Å². The van der Waals surface area contributed by atoms with Gasteiger partial charge in [-0.3, -0.25) is 4.79 Å². The van der Waals surface area contributed by atoms with E-state index in [0.29, 0.717) is 16.6 Å². The first kappa shape index (κ1) is 14.5. The van der Waals surface area contributed by atoms with Gasteiger partial charge in [-0.2, -0.15) is 0 Å². The van der Waals surface area contributed by atoms with E-state index in [2.05, 4.69) is 15.9 Å². The third-order valence-electron chi connectivity index (χ3n) is 2.41. The largest absolute Gasteiger partial charge is 0.319 e. The maximum Gasteiger partial charge on any atom is 0.258 e. The normalized spacial score (nSPS) is 10.4. The number of carbonyl (C=O) groups is 1. The van der Waals surface area contributed by atoms with E-state index >= 15 is 0 Å². The van der Waals surface area contributed by atoms with Crippen LogP contribution in [-0.2, 0) is 0 Å².